The molecule has 86 valence electrons. The number of hydrogen-bond donors (Lipinski definition) is 0. The average Bonchev–Trinajstić information content (AvgIpc) is 2.36. The summed E-state index contributed by atoms with van der Waals surface area (Å²) in [5, 5.41) is 2.87. The molecule has 0 radical (unpaired) electrons. The number of methoxy groups -OCH3 is 1. The van der Waals surface area contributed by atoms with Crippen molar-refractivity contribution in [2.45, 2.75) is 0 Å². The molecule has 0 spiro atoms. The number of azide groups is 1. The number of nitrogens with zero attached hydrogens (tertiary/aromatic N) is 3. The molecule has 17 heavy (non-hydrogen) atoms. The van der Waals surface area contributed by atoms with Crippen LogP contribution >= 0.6 is 0 Å². The summed E-state index contributed by atoms with van der Waals surface area (Å²) in [5.41, 5.74) is 8.89. The van der Waals surface area contributed by atoms with Gasteiger partial charge in [0.05, 0.1) is 12.7 Å². The second-order valence-electron chi connectivity index (χ2n) is 2.94. The van der Waals surface area contributed by atoms with Crippen LogP contribution in [0.3, 0.4) is 0 Å². The van der Waals surface area contributed by atoms with E-state index in [-0.39, 0.29) is 0 Å². The van der Waals surface area contributed by atoms with Crippen LogP contribution in [0, 0.1) is 0 Å². The van der Waals surface area contributed by atoms with E-state index in [4.69, 9.17) is 5.53 Å². The number of carbonyl (C=O) groups is 2. The number of ether oxygens (including phenoxy) is 1. The average molecular weight is 231 g/mol. The van der Waals surface area contributed by atoms with Gasteiger partial charge in [-0.1, -0.05) is 24.3 Å². The third-order valence-electron chi connectivity index (χ3n) is 1.91. The summed E-state index contributed by atoms with van der Waals surface area (Å²) in [4.78, 5) is 24.7. The SMILES string of the molecule is COC(=O)c1ccccc1C=CC(=O)N=[N+]=[N-]. The third-order valence-corrected chi connectivity index (χ3v) is 1.91. The fourth-order valence-corrected chi connectivity index (χ4v) is 1.18. The van der Waals surface area contributed by atoms with Gasteiger partial charge in [0, 0.05) is 4.91 Å². The predicted octanol–water partition coefficient (Wildman–Crippen LogP) is 2.32. The third kappa shape index (κ3) is 3.48. The summed E-state index contributed by atoms with van der Waals surface area (Å²) in [6.45, 7) is 0. The maximum atomic E-state index is 11.4. The maximum Gasteiger partial charge on any atom is 0.338 e. The van der Waals surface area contributed by atoms with Gasteiger partial charge < -0.3 is 4.74 Å². The zero-order valence-corrected chi connectivity index (χ0v) is 9.03. The van der Waals surface area contributed by atoms with Crippen LogP contribution in [0.4, 0.5) is 0 Å². The molecule has 0 aliphatic rings. The van der Waals surface area contributed by atoms with Crippen molar-refractivity contribution in [2.24, 2.45) is 5.11 Å². The molecule has 0 fully saturated rings. The highest BCUT2D eigenvalue weighted by molar-refractivity contribution is 5.97. The molecular weight excluding hydrogens is 222 g/mol. The van der Waals surface area contributed by atoms with Crippen molar-refractivity contribution in [3.8, 4) is 0 Å². The Morgan fingerprint density at radius 1 is 1.41 bits per heavy atom. The Balaban J connectivity index is 3.02. The molecule has 6 heteroatoms. The van der Waals surface area contributed by atoms with Gasteiger partial charge in [-0.15, -0.1) is 0 Å². The quantitative estimate of drug-likeness (QED) is 0.262. The standard InChI is InChI=1S/C11H9N3O3/c1-17-11(16)9-5-3-2-4-8(9)6-7-10(15)13-14-12/h2-7H,1H3. The molecule has 0 atom stereocenters. The van der Waals surface area contributed by atoms with Crippen LogP contribution in [0.2, 0.25) is 0 Å². The van der Waals surface area contributed by atoms with E-state index >= 15 is 0 Å². The first-order valence-corrected chi connectivity index (χ1v) is 4.63. The minimum absolute atomic E-state index is 0.333. The molecule has 1 aromatic carbocycles. The molecule has 0 aromatic heterocycles. The van der Waals surface area contributed by atoms with Gasteiger partial charge in [0.25, 0.3) is 0 Å². The normalized spacial score (nSPS) is 9.71. The molecule has 6 nitrogen and oxygen atoms in total. The van der Waals surface area contributed by atoms with Crippen molar-refractivity contribution in [3.05, 3.63) is 51.9 Å². The van der Waals surface area contributed by atoms with Crippen LogP contribution in [0.15, 0.2) is 35.5 Å². The minimum Gasteiger partial charge on any atom is -0.465 e. The summed E-state index contributed by atoms with van der Waals surface area (Å²) >= 11 is 0. The van der Waals surface area contributed by atoms with Crippen LogP contribution in [-0.2, 0) is 9.53 Å². The smallest absolute Gasteiger partial charge is 0.338 e. The lowest BCUT2D eigenvalue weighted by Crippen LogP contribution is -2.03. The Morgan fingerprint density at radius 2 is 2.12 bits per heavy atom. The molecule has 0 aliphatic heterocycles. The monoisotopic (exact) mass is 231 g/mol. The van der Waals surface area contributed by atoms with Crippen LogP contribution in [0.25, 0.3) is 16.5 Å². The van der Waals surface area contributed by atoms with Crippen molar-refractivity contribution < 1.29 is 14.3 Å². The van der Waals surface area contributed by atoms with Gasteiger partial charge in [0.1, 0.15) is 0 Å². The van der Waals surface area contributed by atoms with Crippen LogP contribution in [-0.4, -0.2) is 19.0 Å². The highest BCUT2D eigenvalue weighted by Crippen LogP contribution is 2.11. The van der Waals surface area contributed by atoms with Gasteiger partial charge in [0.15, 0.2) is 0 Å². The number of benzene rings is 1. The Hall–Kier alpha value is -2.59. The van der Waals surface area contributed by atoms with Crippen molar-refractivity contribution >= 4 is 18.0 Å². The van der Waals surface area contributed by atoms with Gasteiger partial charge in [-0.25, -0.2) is 4.79 Å². The largest absolute Gasteiger partial charge is 0.465 e. The van der Waals surface area contributed by atoms with Crippen molar-refractivity contribution in [1.82, 2.24) is 0 Å². The van der Waals surface area contributed by atoms with Crippen molar-refractivity contribution in [2.75, 3.05) is 7.11 Å². The van der Waals surface area contributed by atoms with Gasteiger partial charge in [0.2, 0.25) is 5.91 Å². The first-order chi connectivity index (χ1) is 8.19. The van der Waals surface area contributed by atoms with Gasteiger partial charge in [-0.05, 0) is 28.4 Å². The molecule has 0 heterocycles. The number of rotatable bonds is 3. The summed E-state index contributed by atoms with van der Waals surface area (Å²) in [7, 11) is 1.27. The van der Waals surface area contributed by atoms with E-state index in [2.05, 4.69) is 14.8 Å². The summed E-state index contributed by atoms with van der Waals surface area (Å²) in [6, 6.07) is 6.61. The lowest BCUT2D eigenvalue weighted by atomic mass is 10.1. The molecule has 0 N–H and O–H groups in total. The van der Waals surface area contributed by atoms with E-state index in [1.807, 2.05) is 0 Å². The topological polar surface area (TPSA) is 92.1 Å². The minimum atomic E-state index is -0.729. The highest BCUT2D eigenvalue weighted by Gasteiger charge is 2.08. The second-order valence-corrected chi connectivity index (χ2v) is 2.94. The number of amides is 1. The Bertz CT molecular complexity index is 516. The molecule has 0 saturated heterocycles. The van der Waals surface area contributed by atoms with E-state index < -0.39 is 11.9 Å². The summed E-state index contributed by atoms with van der Waals surface area (Å²) in [6.07, 6.45) is 2.48. The molecular formula is C11H9N3O3. The van der Waals surface area contributed by atoms with E-state index in [9.17, 15) is 9.59 Å². The highest BCUT2D eigenvalue weighted by atomic mass is 16.5. The van der Waals surface area contributed by atoms with E-state index in [0.29, 0.717) is 11.1 Å². The molecule has 0 saturated carbocycles. The number of esters is 1. The Labute approximate surface area is 97.1 Å². The van der Waals surface area contributed by atoms with Crippen LogP contribution in [0.1, 0.15) is 15.9 Å². The van der Waals surface area contributed by atoms with Crippen LogP contribution in [0.5, 0.6) is 0 Å². The molecule has 1 rings (SSSR count). The fourth-order valence-electron chi connectivity index (χ4n) is 1.18. The number of hydrogen-bond acceptors (Lipinski definition) is 3. The van der Waals surface area contributed by atoms with E-state index in [1.54, 1.807) is 24.3 Å². The lowest BCUT2D eigenvalue weighted by Gasteiger charge is -2.02. The van der Waals surface area contributed by atoms with Crippen LogP contribution < -0.4 is 0 Å². The Morgan fingerprint density at radius 3 is 2.76 bits per heavy atom. The van der Waals surface area contributed by atoms with E-state index in [1.165, 1.54) is 13.2 Å². The van der Waals surface area contributed by atoms with Gasteiger partial charge >= 0.3 is 5.97 Å². The van der Waals surface area contributed by atoms with Gasteiger partial charge in [-0.2, -0.15) is 0 Å². The van der Waals surface area contributed by atoms with Crippen molar-refractivity contribution in [3.63, 3.8) is 0 Å². The molecule has 0 unspecified atom stereocenters. The maximum absolute atomic E-state index is 11.4. The molecule has 1 aromatic rings. The second kappa shape index (κ2) is 6.09. The van der Waals surface area contributed by atoms with Crippen molar-refractivity contribution in [1.29, 1.82) is 0 Å². The van der Waals surface area contributed by atoms with Gasteiger partial charge in [-0.3, -0.25) is 4.79 Å². The Kier molecular flexibility index (Phi) is 4.47. The first-order valence-electron chi connectivity index (χ1n) is 4.63. The summed E-state index contributed by atoms with van der Waals surface area (Å²) in [5.74, 6) is -1.23. The predicted molar refractivity (Wildman–Crippen MR) is 61.0 cm³/mol. The molecule has 1 amide bonds. The zero-order chi connectivity index (χ0) is 12.7. The number of carbonyl (C=O) groups excluding carboxylic acids is 2. The molecule has 0 aliphatic carbocycles. The fraction of sp³-hybridized carbons (Fsp3) is 0.0909. The summed E-state index contributed by atoms with van der Waals surface area (Å²) < 4.78 is 4.59. The lowest BCUT2D eigenvalue weighted by molar-refractivity contribution is -0.113. The molecule has 0 bridgehead atoms. The van der Waals surface area contributed by atoms with E-state index in [0.717, 1.165) is 6.08 Å². The first kappa shape index (κ1) is 12.5. The zero-order valence-electron chi connectivity index (χ0n) is 9.03.